The Hall–Kier alpha value is 0.132. The molecule has 0 atom stereocenters. The SMILES string of the molecule is CCB(CC)CC.O=[11CH][O-].[Li+]. The van der Waals surface area contributed by atoms with Crippen molar-refractivity contribution in [1.82, 2.24) is 0 Å². The Balaban J connectivity index is -0.000000140. The molecule has 0 aromatic rings. The van der Waals surface area contributed by atoms with Gasteiger partial charge < -0.3 is 9.90 Å². The predicted octanol–water partition coefficient (Wildman–Crippen LogP) is -2.09. The van der Waals surface area contributed by atoms with Crippen molar-refractivity contribution in [2.24, 2.45) is 0 Å². The van der Waals surface area contributed by atoms with Crippen LogP contribution in [-0.4, -0.2) is 13.2 Å². The number of hydrogen-bond acceptors (Lipinski definition) is 2. The molecule has 0 unspecified atom stereocenters. The van der Waals surface area contributed by atoms with Crippen LogP contribution >= 0.6 is 0 Å². The fourth-order valence-electron chi connectivity index (χ4n) is 0.866. The van der Waals surface area contributed by atoms with Gasteiger partial charge in [0.05, 0.1) is 0 Å². The molecule has 0 bridgehead atoms. The third-order valence-corrected chi connectivity index (χ3v) is 1.73. The van der Waals surface area contributed by atoms with Crippen LogP contribution in [0.2, 0.25) is 19.0 Å². The summed E-state index contributed by atoms with van der Waals surface area (Å²) in [6.07, 6.45) is 4.06. The van der Waals surface area contributed by atoms with E-state index >= 15 is 0 Å². The molecule has 0 rings (SSSR count). The molecular weight excluding hydrogens is 133 g/mol. The smallest absolute Gasteiger partial charge is 0.554 e. The summed E-state index contributed by atoms with van der Waals surface area (Å²) < 4.78 is 0. The summed E-state index contributed by atoms with van der Waals surface area (Å²) in [5.74, 6) is 0. The van der Waals surface area contributed by atoms with Crippen LogP contribution in [0, 0.1) is 0 Å². The maximum Gasteiger partial charge on any atom is 1.00 e. The first-order valence-corrected chi connectivity index (χ1v) is 3.82. The summed E-state index contributed by atoms with van der Waals surface area (Å²) in [7, 11) is 0. The van der Waals surface area contributed by atoms with E-state index in [4.69, 9.17) is 9.90 Å². The van der Waals surface area contributed by atoms with Gasteiger partial charge in [0.2, 0.25) is 0 Å². The maximum absolute atomic E-state index is 8.25. The Morgan fingerprint density at radius 2 is 1.36 bits per heavy atom. The molecule has 0 radical (unpaired) electrons. The minimum absolute atomic E-state index is 0. The van der Waals surface area contributed by atoms with Crippen LogP contribution in [-0.2, 0) is 4.79 Å². The van der Waals surface area contributed by atoms with Gasteiger partial charge in [-0.25, -0.2) is 0 Å². The van der Waals surface area contributed by atoms with E-state index in [1.807, 2.05) is 0 Å². The van der Waals surface area contributed by atoms with E-state index < -0.39 is 6.47 Å². The second-order valence-electron chi connectivity index (χ2n) is 2.19. The van der Waals surface area contributed by atoms with Gasteiger partial charge >= 0.3 is 18.9 Å². The van der Waals surface area contributed by atoms with E-state index in [0.717, 1.165) is 6.71 Å². The number of hydrogen-bond donors (Lipinski definition) is 0. The fraction of sp³-hybridized carbons (Fsp3) is 0.857. The van der Waals surface area contributed by atoms with Crippen LogP contribution < -0.4 is 24.0 Å². The molecule has 11 heavy (non-hydrogen) atoms. The van der Waals surface area contributed by atoms with Crippen LogP contribution in [0.1, 0.15) is 20.8 Å². The fourth-order valence-corrected chi connectivity index (χ4v) is 0.866. The molecule has 60 valence electrons. The zero-order valence-electron chi connectivity index (χ0n) is 8.09. The predicted molar refractivity (Wildman–Crippen MR) is 43.3 cm³/mol. The van der Waals surface area contributed by atoms with E-state index in [1.54, 1.807) is 0 Å². The second-order valence-corrected chi connectivity index (χ2v) is 2.19. The van der Waals surface area contributed by atoms with Gasteiger partial charge in [0.15, 0.2) is 0 Å². The van der Waals surface area contributed by atoms with Crippen molar-refractivity contribution in [3.8, 4) is 0 Å². The number of carboxylic acid groups (broad SMARTS) is 1. The first-order chi connectivity index (χ1) is 4.76. The number of carbonyl (C=O) groups is 1. The topological polar surface area (TPSA) is 40.1 Å². The molecule has 0 spiro atoms. The Bertz CT molecular complexity index is 62.0. The van der Waals surface area contributed by atoms with Crippen LogP contribution in [0.25, 0.3) is 0 Å². The first-order valence-electron chi connectivity index (χ1n) is 3.82. The van der Waals surface area contributed by atoms with E-state index in [2.05, 4.69) is 20.8 Å². The summed E-state index contributed by atoms with van der Waals surface area (Å²) >= 11 is 0. The molecule has 0 amide bonds. The largest absolute Gasteiger partial charge is 1.00 e. The molecule has 0 aromatic heterocycles. The van der Waals surface area contributed by atoms with Gasteiger partial charge in [0, 0.05) is 6.47 Å². The van der Waals surface area contributed by atoms with Crippen molar-refractivity contribution < 1.29 is 28.8 Å². The normalized spacial score (nSPS) is 6.82. The zero-order valence-corrected chi connectivity index (χ0v) is 8.09. The molecule has 0 aliphatic rings. The Kier molecular flexibility index (Phi) is 26.1. The summed E-state index contributed by atoms with van der Waals surface area (Å²) in [5, 5.41) is 8.25. The zero-order chi connectivity index (χ0) is 8.41. The molecule has 0 N–H and O–H groups in total. The Labute approximate surface area is 82.0 Å². The van der Waals surface area contributed by atoms with Gasteiger partial charge in [-0.1, -0.05) is 39.7 Å². The van der Waals surface area contributed by atoms with Gasteiger partial charge in [-0.3, -0.25) is 0 Å². The van der Waals surface area contributed by atoms with E-state index in [9.17, 15) is 0 Å². The first kappa shape index (κ1) is 17.3. The summed E-state index contributed by atoms with van der Waals surface area (Å²) in [6, 6.07) is 0. The van der Waals surface area contributed by atoms with Crippen LogP contribution in [0.5, 0.6) is 0 Å². The molecule has 0 aromatic carbocycles. The molecule has 0 aliphatic heterocycles. The molecule has 0 aliphatic carbocycles. The minimum atomic E-state index is -0.500. The Morgan fingerprint density at radius 1 is 1.18 bits per heavy atom. The minimum Gasteiger partial charge on any atom is -0.554 e. The molecule has 0 heterocycles. The van der Waals surface area contributed by atoms with Gasteiger partial charge in [-0.15, -0.1) is 0 Å². The van der Waals surface area contributed by atoms with Crippen molar-refractivity contribution in [2.75, 3.05) is 0 Å². The van der Waals surface area contributed by atoms with Gasteiger partial charge in [-0.05, 0) is 0 Å². The average molecular weight is 149 g/mol. The molecule has 4 heteroatoms. The van der Waals surface area contributed by atoms with E-state index in [-0.39, 0.29) is 18.9 Å². The second kappa shape index (κ2) is 16.6. The van der Waals surface area contributed by atoms with Crippen molar-refractivity contribution in [3.05, 3.63) is 0 Å². The third-order valence-electron chi connectivity index (χ3n) is 1.73. The van der Waals surface area contributed by atoms with E-state index in [1.165, 1.54) is 19.0 Å². The van der Waals surface area contributed by atoms with Crippen LogP contribution in [0.3, 0.4) is 0 Å². The molecular formula is C7H16BLiO2. The monoisotopic (exact) mass is 149 g/mol. The number of carbonyl (C=O) groups excluding carboxylic acids is 1. The van der Waals surface area contributed by atoms with Crippen molar-refractivity contribution in [1.29, 1.82) is 0 Å². The summed E-state index contributed by atoms with van der Waals surface area (Å²) in [6.45, 7) is 7.27. The Morgan fingerprint density at radius 3 is 1.36 bits per heavy atom. The van der Waals surface area contributed by atoms with Crippen LogP contribution in [0.15, 0.2) is 0 Å². The average Bonchev–Trinajstić information content (AvgIpc) is 1.93. The summed E-state index contributed by atoms with van der Waals surface area (Å²) in [5.41, 5.74) is 0. The van der Waals surface area contributed by atoms with Gasteiger partial charge in [0.1, 0.15) is 6.71 Å². The van der Waals surface area contributed by atoms with Crippen LogP contribution in [0.4, 0.5) is 0 Å². The third kappa shape index (κ3) is 17.8. The van der Waals surface area contributed by atoms with E-state index in [0.29, 0.717) is 0 Å². The molecule has 0 saturated carbocycles. The molecule has 0 fully saturated rings. The quantitative estimate of drug-likeness (QED) is 0.341. The standard InChI is InChI=1S/C6H15B.CH2O2.Li/c1-4-7(5-2)6-3;2-1-3;/h4-6H2,1-3H3;1H,(H,2,3);/q;;+1/p-1/i;1-1;. The number of rotatable bonds is 3. The van der Waals surface area contributed by atoms with Gasteiger partial charge in [0.25, 0.3) is 0 Å². The summed E-state index contributed by atoms with van der Waals surface area (Å²) in [4.78, 5) is 8.25. The van der Waals surface area contributed by atoms with Gasteiger partial charge in [-0.2, -0.15) is 0 Å². The molecule has 2 nitrogen and oxygen atoms in total. The van der Waals surface area contributed by atoms with Crippen molar-refractivity contribution in [2.45, 2.75) is 39.7 Å². The molecule has 0 saturated heterocycles. The van der Waals surface area contributed by atoms with Crippen molar-refractivity contribution >= 4 is 13.2 Å². The maximum atomic E-state index is 8.25. The van der Waals surface area contributed by atoms with Crippen molar-refractivity contribution in [3.63, 3.8) is 0 Å².